The minimum absolute atomic E-state index is 0.0440. The number of amides is 1. The minimum atomic E-state index is -3.47. The van der Waals surface area contributed by atoms with Crippen molar-refractivity contribution in [2.24, 2.45) is 0 Å². The van der Waals surface area contributed by atoms with E-state index in [9.17, 15) is 13.2 Å². The van der Waals surface area contributed by atoms with Gasteiger partial charge in [0.05, 0.1) is 10.1 Å². The van der Waals surface area contributed by atoms with Gasteiger partial charge < -0.3 is 4.90 Å². The first-order chi connectivity index (χ1) is 12.7. The van der Waals surface area contributed by atoms with Crippen molar-refractivity contribution in [3.63, 3.8) is 0 Å². The number of hydrogen-bond acceptors (Lipinski definition) is 4. The summed E-state index contributed by atoms with van der Waals surface area (Å²) in [6, 6.07) is 13.2. The van der Waals surface area contributed by atoms with Crippen molar-refractivity contribution in [2.45, 2.75) is 35.3 Å². The second-order valence-corrected chi connectivity index (χ2v) is 10.5. The van der Waals surface area contributed by atoms with E-state index in [4.69, 9.17) is 0 Å². The molecule has 0 N–H and O–H groups in total. The van der Waals surface area contributed by atoms with E-state index in [2.05, 4.69) is 0 Å². The van der Waals surface area contributed by atoms with Gasteiger partial charge in [-0.1, -0.05) is 17.7 Å². The molecule has 2 aromatic rings. The molecule has 27 heavy (non-hydrogen) atoms. The van der Waals surface area contributed by atoms with Crippen LogP contribution >= 0.6 is 11.8 Å². The second kappa shape index (κ2) is 7.66. The third-order valence-electron chi connectivity index (χ3n) is 4.67. The van der Waals surface area contributed by atoms with Gasteiger partial charge in [0, 0.05) is 31.2 Å². The molecule has 1 amide bonds. The fraction of sp³-hybridized carbons (Fsp3) is 0.350. The predicted octanol–water partition coefficient (Wildman–Crippen LogP) is 3.32. The van der Waals surface area contributed by atoms with Crippen LogP contribution in [-0.4, -0.2) is 44.5 Å². The van der Waals surface area contributed by atoms with Gasteiger partial charge in [-0.05, 0) is 56.2 Å². The van der Waals surface area contributed by atoms with Gasteiger partial charge in [0.25, 0.3) is 0 Å². The predicted molar refractivity (Wildman–Crippen MR) is 110 cm³/mol. The molecule has 3 rings (SSSR count). The number of fused-ring (bicyclic) bond motifs is 1. The largest absolute Gasteiger partial charge is 0.311 e. The van der Waals surface area contributed by atoms with Crippen LogP contribution in [0.4, 0.5) is 5.69 Å². The summed E-state index contributed by atoms with van der Waals surface area (Å²) in [5.74, 6) is 0.0440. The van der Waals surface area contributed by atoms with Crippen LogP contribution < -0.4 is 4.90 Å². The fourth-order valence-electron chi connectivity index (χ4n) is 3.07. The van der Waals surface area contributed by atoms with Crippen molar-refractivity contribution < 1.29 is 13.2 Å². The molecule has 7 heteroatoms. The Morgan fingerprint density at radius 2 is 1.81 bits per heavy atom. The summed E-state index contributed by atoms with van der Waals surface area (Å²) in [5, 5.41) is -0.219. The van der Waals surface area contributed by atoms with E-state index in [0.29, 0.717) is 13.0 Å². The van der Waals surface area contributed by atoms with Crippen molar-refractivity contribution >= 4 is 33.4 Å². The van der Waals surface area contributed by atoms with Gasteiger partial charge in [0.15, 0.2) is 0 Å². The van der Waals surface area contributed by atoms with Gasteiger partial charge in [-0.2, -0.15) is 0 Å². The standard InChI is InChI=1S/C20H24N2O3S2/c1-14-5-7-17(8-6-14)26-15(2)20(23)22-12-11-16-13-18(9-10-19(16)22)27(24,25)21(3)4/h5-10,13,15H,11-12H2,1-4H3. The highest BCUT2D eigenvalue weighted by atomic mass is 32.2. The van der Waals surface area contributed by atoms with Crippen LogP contribution in [0.2, 0.25) is 0 Å². The molecule has 0 aliphatic carbocycles. The average molecular weight is 405 g/mol. The van der Waals surface area contributed by atoms with Crippen molar-refractivity contribution in [3.8, 4) is 0 Å². The van der Waals surface area contributed by atoms with Crippen molar-refractivity contribution in [1.82, 2.24) is 4.31 Å². The monoisotopic (exact) mass is 404 g/mol. The molecule has 0 aromatic heterocycles. The van der Waals surface area contributed by atoms with Crippen LogP contribution in [0.5, 0.6) is 0 Å². The Morgan fingerprint density at radius 3 is 2.44 bits per heavy atom. The SMILES string of the molecule is Cc1ccc(SC(C)C(=O)N2CCc3cc(S(=O)(=O)N(C)C)ccc32)cc1. The molecule has 1 heterocycles. The molecule has 0 radical (unpaired) electrons. The molecule has 1 unspecified atom stereocenters. The van der Waals surface area contributed by atoms with E-state index in [0.717, 1.165) is 16.1 Å². The number of sulfonamides is 1. The number of thioether (sulfide) groups is 1. The van der Waals surface area contributed by atoms with Gasteiger partial charge in [-0.25, -0.2) is 12.7 Å². The summed E-state index contributed by atoms with van der Waals surface area (Å²) in [7, 11) is -0.439. The number of anilines is 1. The van der Waals surface area contributed by atoms with Crippen molar-refractivity contribution in [3.05, 3.63) is 53.6 Å². The normalized spacial score (nSPS) is 15.1. The third kappa shape index (κ3) is 4.05. The van der Waals surface area contributed by atoms with Crippen LogP contribution in [-0.2, 0) is 21.2 Å². The minimum Gasteiger partial charge on any atom is -0.311 e. The molecule has 2 aromatic carbocycles. The lowest BCUT2D eigenvalue weighted by molar-refractivity contribution is -0.117. The number of carbonyl (C=O) groups is 1. The molecule has 1 atom stereocenters. The quantitative estimate of drug-likeness (QED) is 0.718. The Balaban J connectivity index is 1.78. The van der Waals surface area contributed by atoms with Crippen molar-refractivity contribution in [2.75, 3.05) is 25.5 Å². The number of aryl methyl sites for hydroxylation is 1. The van der Waals surface area contributed by atoms with E-state index in [1.54, 1.807) is 23.1 Å². The number of rotatable bonds is 5. The van der Waals surface area contributed by atoms with Crippen LogP contribution in [0.25, 0.3) is 0 Å². The number of hydrogen-bond donors (Lipinski definition) is 0. The van der Waals surface area contributed by atoms with Crippen LogP contribution in [0.1, 0.15) is 18.1 Å². The van der Waals surface area contributed by atoms with Crippen LogP contribution in [0, 0.1) is 6.92 Å². The Morgan fingerprint density at radius 1 is 1.15 bits per heavy atom. The molecule has 0 fully saturated rings. The summed E-state index contributed by atoms with van der Waals surface area (Å²) in [6.07, 6.45) is 0.666. The van der Waals surface area contributed by atoms with Gasteiger partial charge in [-0.3, -0.25) is 4.79 Å². The maximum Gasteiger partial charge on any atom is 0.242 e. The van der Waals surface area contributed by atoms with Gasteiger partial charge >= 0.3 is 0 Å². The first kappa shape index (κ1) is 19.9. The molecule has 1 aliphatic rings. The number of nitrogens with zero attached hydrogens (tertiary/aromatic N) is 2. The maximum atomic E-state index is 12.9. The molecule has 0 bridgehead atoms. The maximum absolute atomic E-state index is 12.9. The fourth-order valence-corrected chi connectivity index (χ4v) is 4.95. The lowest BCUT2D eigenvalue weighted by Crippen LogP contribution is -2.35. The number of carbonyl (C=O) groups excluding carboxylic acids is 1. The van der Waals surface area contributed by atoms with Crippen LogP contribution in [0.15, 0.2) is 52.3 Å². The Hall–Kier alpha value is -1.83. The third-order valence-corrected chi connectivity index (χ3v) is 7.58. The van der Waals surface area contributed by atoms with Gasteiger partial charge in [-0.15, -0.1) is 11.8 Å². The smallest absolute Gasteiger partial charge is 0.242 e. The van der Waals surface area contributed by atoms with Gasteiger partial charge in [0.1, 0.15) is 0 Å². The second-order valence-electron chi connectivity index (χ2n) is 6.89. The molecule has 1 aliphatic heterocycles. The van der Waals surface area contributed by atoms with Crippen molar-refractivity contribution in [1.29, 1.82) is 0 Å². The van der Waals surface area contributed by atoms with E-state index in [1.807, 2.05) is 38.1 Å². The molecule has 0 saturated heterocycles. The summed E-state index contributed by atoms with van der Waals surface area (Å²) in [5.41, 5.74) is 2.91. The van der Waals surface area contributed by atoms with E-state index < -0.39 is 10.0 Å². The Bertz CT molecular complexity index is 954. The van der Waals surface area contributed by atoms with Crippen LogP contribution in [0.3, 0.4) is 0 Å². The highest BCUT2D eigenvalue weighted by Gasteiger charge is 2.30. The molecular weight excluding hydrogens is 380 g/mol. The Labute approximate surface area is 165 Å². The zero-order chi connectivity index (χ0) is 19.8. The topological polar surface area (TPSA) is 57.7 Å². The zero-order valence-corrected chi connectivity index (χ0v) is 17.6. The Kier molecular flexibility index (Phi) is 5.65. The lowest BCUT2D eigenvalue weighted by atomic mass is 10.2. The average Bonchev–Trinajstić information content (AvgIpc) is 3.06. The molecule has 0 saturated carbocycles. The zero-order valence-electron chi connectivity index (χ0n) is 16.0. The summed E-state index contributed by atoms with van der Waals surface area (Å²) < 4.78 is 25.9. The molecule has 144 valence electrons. The molecule has 0 spiro atoms. The highest BCUT2D eigenvalue weighted by Crippen LogP contribution is 2.33. The first-order valence-electron chi connectivity index (χ1n) is 8.80. The highest BCUT2D eigenvalue weighted by molar-refractivity contribution is 8.00. The summed E-state index contributed by atoms with van der Waals surface area (Å²) in [4.78, 5) is 16.0. The number of benzene rings is 2. The summed E-state index contributed by atoms with van der Waals surface area (Å²) >= 11 is 1.54. The lowest BCUT2D eigenvalue weighted by Gasteiger charge is -2.22. The van der Waals surface area contributed by atoms with E-state index in [1.165, 1.54) is 35.7 Å². The molecule has 5 nitrogen and oxygen atoms in total. The first-order valence-corrected chi connectivity index (χ1v) is 11.1. The van der Waals surface area contributed by atoms with Gasteiger partial charge in [0.2, 0.25) is 15.9 Å². The van der Waals surface area contributed by atoms with E-state index in [-0.39, 0.29) is 16.1 Å². The molecular formula is C20H24N2O3S2. The summed E-state index contributed by atoms with van der Waals surface area (Å²) in [6.45, 7) is 4.53. The van der Waals surface area contributed by atoms with E-state index >= 15 is 0 Å².